The number of carbonyl (C=O) groups excluding carboxylic acids is 1. The summed E-state index contributed by atoms with van der Waals surface area (Å²) in [4.78, 5) is 14.5. The first kappa shape index (κ1) is 18.3. The molecule has 0 aliphatic carbocycles. The third kappa shape index (κ3) is 5.02. The average Bonchev–Trinajstić information content (AvgIpc) is 2.68. The maximum Gasteiger partial charge on any atom is 0.227 e. The van der Waals surface area contributed by atoms with Crippen LogP contribution < -0.4 is 10.6 Å². The van der Waals surface area contributed by atoms with Gasteiger partial charge in [-0.05, 0) is 54.9 Å². The fourth-order valence-electron chi connectivity index (χ4n) is 3.00. The molecule has 0 atom stereocenters. The van der Waals surface area contributed by atoms with Gasteiger partial charge in [-0.3, -0.25) is 4.79 Å². The third-order valence-electron chi connectivity index (χ3n) is 4.55. The summed E-state index contributed by atoms with van der Waals surface area (Å²) in [6.07, 6.45) is 1.55. The number of hydrogen-bond acceptors (Lipinski definition) is 2. The van der Waals surface area contributed by atoms with Crippen LogP contribution in [0.15, 0.2) is 54.6 Å². The topological polar surface area (TPSA) is 44.4 Å². The van der Waals surface area contributed by atoms with Crippen LogP contribution >= 0.6 is 12.2 Å². The van der Waals surface area contributed by atoms with E-state index in [0.717, 1.165) is 37.2 Å². The summed E-state index contributed by atoms with van der Waals surface area (Å²) in [6, 6.07) is 15.9. The maximum absolute atomic E-state index is 12.9. The molecule has 1 aliphatic rings. The molecule has 2 N–H and O–H groups in total. The van der Waals surface area contributed by atoms with Gasteiger partial charge in [0.1, 0.15) is 5.82 Å². The van der Waals surface area contributed by atoms with E-state index < -0.39 is 0 Å². The van der Waals surface area contributed by atoms with E-state index >= 15 is 0 Å². The zero-order valence-electron chi connectivity index (χ0n) is 14.5. The Kier molecular flexibility index (Phi) is 6.17. The Balaban J connectivity index is 1.43. The van der Waals surface area contributed by atoms with Gasteiger partial charge in [-0.25, -0.2) is 4.39 Å². The minimum atomic E-state index is -0.243. The van der Waals surface area contributed by atoms with Crippen molar-refractivity contribution in [3.8, 4) is 0 Å². The van der Waals surface area contributed by atoms with E-state index in [1.165, 1.54) is 12.1 Å². The Hall–Kier alpha value is -2.47. The lowest BCUT2D eigenvalue weighted by molar-refractivity contribution is -0.120. The van der Waals surface area contributed by atoms with E-state index in [-0.39, 0.29) is 17.6 Å². The molecule has 0 aromatic heterocycles. The number of thiocarbonyl (C=S) groups is 1. The molecule has 0 radical (unpaired) electrons. The molecule has 26 heavy (non-hydrogen) atoms. The molecule has 1 aliphatic heterocycles. The number of anilines is 1. The van der Waals surface area contributed by atoms with Crippen molar-refractivity contribution in [3.63, 3.8) is 0 Å². The molecule has 136 valence electrons. The van der Waals surface area contributed by atoms with Gasteiger partial charge in [-0.15, -0.1) is 0 Å². The van der Waals surface area contributed by atoms with Gasteiger partial charge in [0.2, 0.25) is 5.91 Å². The molecule has 2 aromatic rings. The van der Waals surface area contributed by atoms with E-state index in [1.807, 2.05) is 30.3 Å². The van der Waals surface area contributed by atoms with Gasteiger partial charge in [0.05, 0.1) is 0 Å². The fraction of sp³-hybridized carbons (Fsp3) is 0.300. The van der Waals surface area contributed by atoms with Gasteiger partial charge in [0, 0.05) is 31.2 Å². The Bertz CT molecular complexity index is 743. The fourth-order valence-corrected chi connectivity index (χ4v) is 3.26. The number of nitrogens with one attached hydrogen (secondary N) is 2. The number of hydrogen-bond donors (Lipinski definition) is 2. The Morgan fingerprint density at radius 1 is 1.08 bits per heavy atom. The molecular weight excluding hydrogens is 349 g/mol. The highest BCUT2D eigenvalue weighted by atomic mass is 32.1. The molecule has 4 nitrogen and oxygen atoms in total. The minimum Gasteiger partial charge on any atom is -0.358 e. The van der Waals surface area contributed by atoms with Crippen molar-refractivity contribution >= 4 is 28.9 Å². The van der Waals surface area contributed by atoms with E-state index in [9.17, 15) is 9.18 Å². The summed E-state index contributed by atoms with van der Waals surface area (Å²) in [5.41, 5.74) is 1.81. The summed E-state index contributed by atoms with van der Waals surface area (Å²) in [5, 5.41) is 6.85. The van der Waals surface area contributed by atoms with Gasteiger partial charge in [-0.2, -0.15) is 0 Å². The van der Waals surface area contributed by atoms with Crippen LogP contribution in [0, 0.1) is 11.7 Å². The van der Waals surface area contributed by atoms with Crippen LogP contribution in [0.4, 0.5) is 10.1 Å². The largest absolute Gasteiger partial charge is 0.358 e. The average molecular weight is 371 g/mol. The molecule has 0 unspecified atom stereocenters. The second-order valence-corrected chi connectivity index (χ2v) is 6.79. The lowest BCUT2D eigenvalue weighted by Gasteiger charge is -2.33. The van der Waals surface area contributed by atoms with Gasteiger partial charge < -0.3 is 15.5 Å². The van der Waals surface area contributed by atoms with E-state index in [4.69, 9.17) is 12.2 Å². The summed E-state index contributed by atoms with van der Waals surface area (Å²) in [5.74, 6) is -0.167. The third-order valence-corrected chi connectivity index (χ3v) is 4.95. The minimum absolute atomic E-state index is 0.00588. The first-order valence-electron chi connectivity index (χ1n) is 8.75. The van der Waals surface area contributed by atoms with E-state index in [2.05, 4.69) is 15.5 Å². The van der Waals surface area contributed by atoms with Crippen LogP contribution in [0.2, 0.25) is 0 Å². The number of rotatable bonds is 4. The molecule has 1 saturated heterocycles. The molecule has 0 spiro atoms. The summed E-state index contributed by atoms with van der Waals surface area (Å²) in [6.45, 7) is 2.07. The Labute approximate surface area is 158 Å². The normalized spacial score (nSPS) is 14.7. The summed E-state index contributed by atoms with van der Waals surface area (Å²) in [7, 11) is 0. The second-order valence-electron chi connectivity index (χ2n) is 6.40. The Morgan fingerprint density at radius 2 is 1.73 bits per heavy atom. The Morgan fingerprint density at radius 3 is 2.38 bits per heavy atom. The quantitative estimate of drug-likeness (QED) is 0.807. The second kappa shape index (κ2) is 8.76. The lowest BCUT2D eigenvalue weighted by Crippen LogP contribution is -2.45. The van der Waals surface area contributed by atoms with Gasteiger partial charge >= 0.3 is 0 Å². The van der Waals surface area contributed by atoms with Crippen molar-refractivity contribution in [2.24, 2.45) is 5.92 Å². The van der Waals surface area contributed by atoms with Crippen LogP contribution in [0.3, 0.4) is 0 Å². The monoisotopic (exact) mass is 371 g/mol. The highest BCUT2D eigenvalue weighted by molar-refractivity contribution is 7.80. The smallest absolute Gasteiger partial charge is 0.227 e. The molecule has 1 heterocycles. The van der Waals surface area contributed by atoms with E-state index in [1.54, 1.807) is 12.1 Å². The number of amides is 1. The number of likely N-dealkylation sites (tertiary alicyclic amines) is 1. The highest BCUT2D eigenvalue weighted by Gasteiger charge is 2.26. The number of halogens is 1. The molecule has 0 saturated carbocycles. The molecule has 3 rings (SSSR count). The van der Waals surface area contributed by atoms with Crippen molar-refractivity contribution in [1.82, 2.24) is 10.2 Å². The number of benzene rings is 2. The number of para-hydroxylation sites is 1. The van der Waals surface area contributed by atoms with Crippen LogP contribution in [-0.4, -0.2) is 29.0 Å². The van der Waals surface area contributed by atoms with E-state index in [0.29, 0.717) is 11.7 Å². The van der Waals surface area contributed by atoms with Crippen molar-refractivity contribution in [2.45, 2.75) is 19.4 Å². The predicted molar refractivity (Wildman–Crippen MR) is 105 cm³/mol. The first-order chi connectivity index (χ1) is 12.6. The summed E-state index contributed by atoms with van der Waals surface area (Å²) < 4.78 is 12.9. The van der Waals surface area contributed by atoms with Crippen molar-refractivity contribution < 1.29 is 9.18 Å². The number of nitrogens with zero attached hydrogens (tertiary/aromatic N) is 1. The molecule has 0 bridgehead atoms. The number of piperidine rings is 1. The molecule has 1 fully saturated rings. The van der Waals surface area contributed by atoms with Crippen molar-refractivity contribution in [2.75, 3.05) is 18.4 Å². The maximum atomic E-state index is 12.9. The SMILES string of the molecule is O=C(Nc1ccccc1)C1CCN(C(=S)NCc2ccc(F)cc2)CC1. The van der Waals surface area contributed by atoms with Gasteiger partial charge in [-0.1, -0.05) is 30.3 Å². The zero-order valence-corrected chi connectivity index (χ0v) is 15.3. The first-order valence-corrected chi connectivity index (χ1v) is 9.16. The van der Waals surface area contributed by atoms with Crippen LogP contribution in [-0.2, 0) is 11.3 Å². The van der Waals surface area contributed by atoms with Gasteiger partial charge in [0.25, 0.3) is 0 Å². The molecular formula is C20H22FN3OS. The van der Waals surface area contributed by atoms with Crippen molar-refractivity contribution in [1.29, 1.82) is 0 Å². The molecule has 6 heteroatoms. The lowest BCUT2D eigenvalue weighted by atomic mass is 9.96. The summed E-state index contributed by atoms with van der Waals surface area (Å²) >= 11 is 5.45. The predicted octanol–water partition coefficient (Wildman–Crippen LogP) is 3.55. The standard InChI is InChI=1S/C20H22FN3OS/c21-17-8-6-15(7-9-17)14-22-20(26)24-12-10-16(11-13-24)19(25)23-18-4-2-1-3-5-18/h1-9,16H,10-14H2,(H,22,26)(H,23,25). The van der Waals surface area contributed by atoms with Crippen molar-refractivity contribution in [3.05, 3.63) is 66.0 Å². The molecule has 1 amide bonds. The van der Waals surface area contributed by atoms with Crippen LogP contribution in [0.1, 0.15) is 18.4 Å². The van der Waals surface area contributed by atoms with Crippen LogP contribution in [0.5, 0.6) is 0 Å². The van der Waals surface area contributed by atoms with Crippen LogP contribution in [0.25, 0.3) is 0 Å². The number of carbonyl (C=O) groups is 1. The zero-order chi connectivity index (χ0) is 18.4. The highest BCUT2D eigenvalue weighted by Crippen LogP contribution is 2.19. The molecule has 2 aromatic carbocycles. The van der Waals surface area contributed by atoms with Gasteiger partial charge in [0.15, 0.2) is 5.11 Å².